The fourth-order valence-corrected chi connectivity index (χ4v) is 2.37. The highest BCUT2D eigenvalue weighted by atomic mass is 16.3. The van der Waals surface area contributed by atoms with Crippen LogP contribution in [0, 0.1) is 6.92 Å². The molecule has 2 N–H and O–H groups in total. The number of benzene rings is 2. The van der Waals surface area contributed by atoms with Gasteiger partial charge in [0.1, 0.15) is 11.5 Å². The van der Waals surface area contributed by atoms with Gasteiger partial charge in [-0.1, -0.05) is 51.1 Å². The molecular formula is C18H22O2. The number of aryl methyl sites for hydroxylation is 1. The Morgan fingerprint density at radius 2 is 1.70 bits per heavy atom. The van der Waals surface area contributed by atoms with Crippen molar-refractivity contribution in [2.45, 2.75) is 39.5 Å². The first kappa shape index (κ1) is 14.4. The summed E-state index contributed by atoms with van der Waals surface area (Å²) < 4.78 is 0. The molecule has 2 nitrogen and oxygen atoms in total. The molecule has 2 aromatic rings. The average molecular weight is 270 g/mol. The van der Waals surface area contributed by atoms with Crippen LogP contribution in [0.15, 0.2) is 36.4 Å². The molecular weight excluding hydrogens is 248 g/mol. The molecule has 0 aliphatic heterocycles. The van der Waals surface area contributed by atoms with E-state index in [0.29, 0.717) is 11.1 Å². The largest absolute Gasteiger partial charge is 0.507 e. The van der Waals surface area contributed by atoms with Gasteiger partial charge >= 0.3 is 0 Å². The fraction of sp³-hybridized carbons (Fsp3) is 0.333. The van der Waals surface area contributed by atoms with Crippen LogP contribution in [0.1, 0.15) is 38.3 Å². The minimum Gasteiger partial charge on any atom is -0.507 e. The van der Waals surface area contributed by atoms with E-state index in [4.69, 9.17) is 0 Å². The summed E-state index contributed by atoms with van der Waals surface area (Å²) in [5, 5.41) is 20.7. The molecule has 0 aliphatic carbocycles. The Kier molecular flexibility index (Phi) is 3.76. The molecule has 0 spiro atoms. The number of rotatable bonds is 3. The van der Waals surface area contributed by atoms with Crippen molar-refractivity contribution in [2.24, 2.45) is 0 Å². The normalized spacial score (nSPS) is 11.6. The second-order valence-electron chi connectivity index (χ2n) is 5.96. The fourth-order valence-electron chi connectivity index (χ4n) is 2.37. The predicted molar refractivity (Wildman–Crippen MR) is 83.3 cm³/mol. The van der Waals surface area contributed by atoms with Gasteiger partial charge in [-0.15, -0.1) is 0 Å². The summed E-state index contributed by atoms with van der Waals surface area (Å²) in [4.78, 5) is 0. The first-order chi connectivity index (χ1) is 9.36. The summed E-state index contributed by atoms with van der Waals surface area (Å²) in [6.45, 7) is 8.26. The van der Waals surface area contributed by atoms with Gasteiger partial charge in [-0.2, -0.15) is 0 Å². The summed E-state index contributed by atoms with van der Waals surface area (Å²) in [6, 6.07) is 11.2. The van der Waals surface area contributed by atoms with E-state index >= 15 is 0 Å². The lowest BCUT2D eigenvalue weighted by Crippen LogP contribution is -2.15. The van der Waals surface area contributed by atoms with Crippen molar-refractivity contribution in [2.75, 3.05) is 0 Å². The van der Waals surface area contributed by atoms with Gasteiger partial charge < -0.3 is 10.2 Å². The number of aromatic hydroxyl groups is 2. The highest BCUT2D eigenvalue weighted by Crippen LogP contribution is 2.42. The number of hydrogen-bond acceptors (Lipinski definition) is 2. The number of phenolic OH excluding ortho intramolecular Hbond substituents is 2. The molecule has 0 amide bonds. The maximum Gasteiger partial charge on any atom is 0.127 e. The van der Waals surface area contributed by atoms with Crippen molar-refractivity contribution in [3.63, 3.8) is 0 Å². The van der Waals surface area contributed by atoms with Crippen LogP contribution in [-0.4, -0.2) is 10.2 Å². The van der Waals surface area contributed by atoms with Gasteiger partial charge in [-0.25, -0.2) is 0 Å². The van der Waals surface area contributed by atoms with Crippen LogP contribution in [0.25, 0.3) is 11.1 Å². The summed E-state index contributed by atoms with van der Waals surface area (Å²) in [5.41, 5.74) is 3.16. The van der Waals surface area contributed by atoms with E-state index in [1.807, 2.05) is 37.3 Å². The zero-order valence-electron chi connectivity index (χ0n) is 12.6. The van der Waals surface area contributed by atoms with E-state index in [1.54, 1.807) is 6.07 Å². The molecule has 0 bridgehead atoms. The van der Waals surface area contributed by atoms with Crippen LogP contribution in [0.2, 0.25) is 0 Å². The van der Waals surface area contributed by atoms with Gasteiger partial charge in [0.25, 0.3) is 0 Å². The molecule has 20 heavy (non-hydrogen) atoms. The molecule has 0 saturated heterocycles. The smallest absolute Gasteiger partial charge is 0.127 e. The second kappa shape index (κ2) is 5.20. The van der Waals surface area contributed by atoms with Gasteiger partial charge in [-0.3, -0.25) is 0 Å². The average Bonchev–Trinajstić information content (AvgIpc) is 2.39. The lowest BCUT2D eigenvalue weighted by Gasteiger charge is -2.25. The standard InChI is InChI=1S/C18H22O2/c1-5-18(3,4)15-8-6-7-14(17(15)20)13-10-9-12(2)11-16(13)19/h6-11,19-20H,5H2,1-4H3. The molecule has 0 aromatic heterocycles. The van der Waals surface area contributed by atoms with E-state index in [0.717, 1.165) is 17.5 Å². The molecule has 0 fully saturated rings. The molecule has 0 atom stereocenters. The van der Waals surface area contributed by atoms with Crippen LogP contribution >= 0.6 is 0 Å². The second-order valence-corrected chi connectivity index (χ2v) is 5.96. The van der Waals surface area contributed by atoms with Crippen LogP contribution < -0.4 is 0 Å². The van der Waals surface area contributed by atoms with Crippen LogP contribution in [-0.2, 0) is 5.41 Å². The third-order valence-electron chi connectivity index (χ3n) is 4.09. The summed E-state index contributed by atoms with van der Waals surface area (Å²) >= 11 is 0. The Balaban J connectivity index is 2.62. The van der Waals surface area contributed by atoms with Crippen LogP contribution in [0.4, 0.5) is 0 Å². The van der Waals surface area contributed by atoms with Gasteiger partial charge in [0.15, 0.2) is 0 Å². The zero-order valence-corrected chi connectivity index (χ0v) is 12.6. The maximum atomic E-state index is 10.6. The van der Waals surface area contributed by atoms with Gasteiger partial charge in [0, 0.05) is 16.7 Å². The molecule has 106 valence electrons. The molecule has 0 saturated carbocycles. The first-order valence-corrected chi connectivity index (χ1v) is 6.99. The highest BCUT2D eigenvalue weighted by molar-refractivity contribution is 5.77. The molecule has 0 unspecified atom stereocenters. The molecule has 2 heteroatoms. The van der Waals surface area contributed by atoms with Crippen molar-refractivity contribution in [3.05, 3.63) is 47.5 Å². The van der Waals surface area contributed by atoms with Crippen LogP contribution in [0.3, 0.4) is 0 Å². The predicted octanol–water partition coefficient (Wildman–Crippen LogP) is 4.76. The van der Waals surface area contributed by atoms with E-state index < -0.39 is 0 Å². The lowest BCUT2D eigenvalue weighted by atomic mass is 9.80. The van der Waals surface area contributed by atoms with E-state index in [9.17, 15) is 10.2 Å². The Hall–Kier alpha value is -1.96. The first-order valence-electron chi connectivity index (χ1n) is 6.99. The SMILES string of the molecule is CCC(C)(C)c1cccc(-c2ccc(C)cc2O)c1O. The van der Waals surface area contributed by atoms with Crippen molar-refractivity contribution < 1.29 is 10.2 Å². The topological polar surface area (TPSA) is 40.5 Å². The highest BCUT2D eigenvalue weighted by Gasteiger charge is 2.24. The Morgan fingerprint density at radius 3 is 2.30 bits per heavy atom. The van der Waals surface area contributed by atoms with E-state index in [1.165, 1.54) is 0 Å². The zero-order chi connectivity index (χ0) is 14.9. The third kappa shape index (κ3) is 2.51. The molecule has 0 aliphatic rings. The molecule has 0 heterocycles. The minimum atomic E-state index is -0.0968. The van der Waals surface area contributed by atoms with Crippen molar-refractivity contribution in [1.82, 2.24) is 0 Å². The number of phenols is 2. The lowest BCUT2D eigenvalue weighted by molar-refractivity contribution is 0.429. The Morgan fingerprint density at radius 1 is 1.00 bits per heavy atom. The maximum absolute atomic E-state index is 10.6. The Labute approximate surface area is 120 Å². The molecule has 0 radical (unpaired) electrons. The van der Waals surface area contributed by atoms with Gasteiger partial charge in [0.2, 0.25) is 0 Å². The number of para-hydroxylation sites is 1. The summed E-state index contributed by atoms with van der Waals surface area (Å²) in [5.74, 6) is 0.463. The molecule has 2 rings (SSSR count). The van der Waals surface area contributed by atoms with Crippen molar-refractivity contribution in [1.29, 1.82) is 0 Å². The monoisotopic (exact) mass is 270 g/mol. The van der Waals surface area contributed by atoms with E-state index in [2.05, 4.69) is 20.8 Å². The summed E-state index contributed by atoms with van der Waals surface area (Å²) in [7, 11) is 0. The minimum absolute atomic E-state index is 0.0968. The quantitative estimate of drug-likeness (QED) is 0.844. The Bertz CT molecular complexity index is 627. The van der Waals surface area contributed by atoms with E-state index in [-0.39, 0.29) is 16.9 Å². The third-order valence-corrected chi connectivity index (χ3v) is 4.09. The van der Waals surface area contributed by atoms with Crippen molar-refractivity contribution in [3.8, 4) is 22.6 Å². The van der Waals surface area contributed by atoms with Crippen LogP contribution in [0.5, 0.6) is 11.5 Å². The van der Waals surface area contributed by atoms with Gasteiger partial charge in [0.05, 0.1) is 0 Å². The van der Waals surface area contributed by atoms with Gasteiger partial charge in [-0.05, 0) is 30.4 Å². The summed E-state index contributed by atoms with van der Waals surface area (Å²) in [6.07, 6.45) is 0.934. The number of hydrogen-bond donors (Lipinski definition) is 2. The van der Waals surface area contributed by atoms with Crippen molar-refractivity contribution >= 4 is 0 Å². The molecule has 2 aromatic carbocycles.